The Hall–Kier alpha value is -1.98. The first-order valence-corrected chi connectivity index (χ1v) is 8.29. The summed E-state index contributed by atoms with van der Waals surface area (Å²) in [4.78, 5) is 13.3. The summed E-state index contributed by atoms with van der Waals surface area (Å²) in [5, 5.41) is 13.0. The van der Waals surface area contributed by atoms with E-state index in [1.54, 1.807) is 7.11 Å². The number of aliphatic hydroxyl groups excluding tert-OH is 1. The summed E-state index contributed by atoms with van der Waals surface area (Å²) in [7, 11) is 1.61. The first-order chi connectivity index (χ1) is 11.0. The molecular formula is C18H19NO3S. The molecule has 0 bridgehead atoms. The Balaban J connectivity index is 2.03. The van der Waals surface area contributed by atoms with Crippen LogP contribution in [0.1, 0.15) is 21.9 Å². The number of carbonyl (C=O) groups is 1. The van der Waals surface area contributed by atoms with E-state index in [-0.39, 0.29) is 11.2 Å². The molecule has 0 saturated carbocycles. The van der Waals surface area contributed by atoms with Gasteiger partial charge in [-0.25, -0.2) is 0 Å². The van der Waals surface area contributed by atoms with Crippen LogP contribution in [0.3, 0.4) is 0 Å². The minimum atomic E-state index is -1.11. The van der Waals surface area contributed by atoms with Gasteiger partial charge in [0.15, 0.2) is 0 Å². The second-order valence-electron chi connectivity index (χ2n) is 5.63. The van der Waals surface area contributed by atoms with E-state index in [9.17, 15) is 9.90 Å². The van der Waals surface area contributed by atoms with Crippen LogP contribution in [0.5, 0.6) is 5.75 Å². The molecule has 120 valence electrons. The summed E-state index contributed by atoms with van der Waals surface area (Å²) in [5.74, 6) is 0.379. The summed E-state index contributed by atoms with van der Waals surface area (Å²) in [6.45, 7) is 3.99. The topological polar surface area (TPSA) is 58.6 Å². The quantitative estimate of drug-likeness (QED) is 0.886. The maximum atomic E-state index is 12.3. The molecule has 0 fully saturated rings. The van der Waals surface area contributed by atoms with Gasteiger partial charge in [0.1, 0.15) is 11.9 Å². The zero-order valence-electron chi connectivity index (χ0n) is 13.3. The molecular weight excluding hydrogens is 310 g/mol. The molecule has 5 heteroatoms. The van der Waals surface area contributed by atoms with Crippen LogP contribution in [-0.4, -0.2) is 24.2 Å². The van der Waals surface area contributed by atoms with Crippen LogP contribution in [-0.2, 0) is 4.79 Å². The number of hydrogen-bond acceptors (Lipinski definition) is 4. The Labute approximate surface area is 139 Å². The van der Waals surface area contributed by atoms with Crippen molar-refractivity contribution in [3.8, 4) is 5.75 Å². The fourth-order valence-corrected chi connectivity index (χ4v) is 3.91. The van der Waals surface area contributed by atoms with Gasteiger partial charge in [0.25, 0.3) is 5.91 Å². The van der Waals surface area contributed by atoms with Crippen molar-refractivity contribution in [2.75, 3.05) is 12.4 Å². The normalized spacial score (nSPS) is 20.4. The zero-order chi connectivity index (χ0) is 16.6. The summed E-state index contributed by atoms with van der Waals surface area (Å²) in [6.07, 6.45) is -1.11. The van der Waals surface area contributed by atoms with E-state index in [1.807, 2.05) is 50.2 Å². The van der Waals surface area contributed by atoms with Gasteiger partial charge in [0.05, 0.1) is 18.0 Å². The number of thioether (sulfide) groups is 1. The van der Waals surface area contributed by atoms with Gasteiger partial charge < -0.3 is 15.2 Å². The van der Waals surface area contributed by atoms with Crippen molar-refractivity contribution < 1.29 is 14.6 Å². The van der Waals surface area contributed by atoms with Gasteiger partial charge in [0, 0.05) is 4.90 Å². The van der Waals surface area contributed by atoms with E-state index in [0.717, 1.165) is 33.0 Å². The van der Waals surface area contributed by atoms with Crippen LogP contribution in [0.15, 0.2) is 41.3 Å². The number of nitrogens with one attached hydrogen (secondary N) is 1. The highest BCUT2D eigenvalue weighted by Gasteiger charge is 2.33. The monoisotopic (exact) mass is 329 g/mol. The average molecular weight is 329 g/mol. The molecule has 0 spiro atoms. The molecule has 4 nitrogen and oxygen atoms in total. The molecule has 1 aliphatic rings. The molecule has 2 unspecified atom stereocenters. The van der Waals surface area contributed by atoms with E-state index >= 15 is 0 Å². The lowest BCUT2D eigenvalue weighted by atomic mass is 10.1. The molecule has 23 heavy (non-hydrogen) atoms. The van der Waals surface area contributed by atoms with Crippen molar-refractivity contribution in [2.24, 2.45) is 0 Å². The number of benzene rings is 2. The van der Waals surface area contributed by atoms with E-state index < -0.39 is 6.10 Å². The van der Waals surface area contributed by atoms with Gasteiger partial charge in [-0.2, -0.15) is 0 Å². The third kappa shape index (κ3) is 2.94. The SMILES string of the molecule is COc1ccc(C2Sc3ccc(C)c(C)c3NC(=O)C2O)cc1. The van der Waals surface area contributed by atoms with E-state index in [4.69, 9.17) is 4.74 Å². The summed E-state index contributed by atoms with van der Waals surface area (Å²) in [5.41, 5.74) is 3.84. The lowest BCUT2D eigenvalue weighted by Gasteiger charge is -2.19. The van der Waals surface area contributed by atoms with Crippen LogP contribution < -0.4 is 10.1 Å². The summed E-state index contributed by atoms with van der Waals surface area (Å²) >= 11 is 1.50. The minimum Gasteiger partial charge on any atom is -0.497 e. The lowest BCUT2D eigenvalue weighted by Crippen LogP contribution is -2.30. The highest BCUT2D eigenvalue weighted by atomic mass is 32.2. The second kappa shape index (κ2) is 6.26. The standard InChI is InChI=1S/C18H19NO3S/c1-10-4-9-14-15(11(10)2)19-18(21)16(20)17(23-14)12-5-7-13(22-3)8-6-12/h4-9,16-17,20H,1-3H3,(H,19,21). The molecule has 2 aromatic carbocycles. The third-order valence-corrected chi connectivity index (χ3v) is 5.58. The number of rotatable bonds is 2. The number of amides is 1. The molecule has 1 amide bonds. The zero-order valence-corrected chi connectivity index (χ0v) is 14.1. The smallest absolute Gasteiger partial charge is 0.254 e. The highest BCUT2D eigenvalue weighted by Crippen LogP contribution is 2.45. The predicted octanol–water partition coefficient (Wildman–Crippen LogP) is 3.46. The van der Waals surface area contributed by atoms with Crippen LogP contribution in [0.4, 0.5) is 5.69 Å². The number of hydrogen-bond donors (Lipinski definition) is 2. The molecule has 0 aliphatic carbocycles. The highest BCUT2D eigenvalue weighted by molar-refractivity contribution is 7.99. The maximum absolute atomic E-state index is 12.3. The Morgan fingerprint density at radius 3 is 2.48 bits per heavy atom. The van der Waals surface area contributed by atoms with Crippen molar-refractivity contribution >= 4 is 23.4 Å². The summed E-state index contributed by atoms with van der Waals surface area (Å²) in [6, 6.07) is 11.5. The second-order valence-corrected chi connectivity index (χ2v) is 6.81. The first kappa shape index (κ1) is 15.9. The number of ether oxygens (including phenoxy) is 1. The number of fused-ring (bicyclic) bond motifs is 1. The van der Waals surface area contributed by atoms with Crippen molar-refractivity contribution in [1.82, 2.24) is 0 Å². The molecule has 1 aliphatic heterocycles. The minimum absolute atomic E-state index is 0.357. The van der Waals surface area contributed by atoms with Gasteiger partial charge in [-0.15, -0.1) is 11.8 Å². The lowest BCUT2D eigenvalue weighted by molar-refractivity contribution is -0.124. The predicted molar refractivity (Wildman–Crippen MR) is 92.1 cm³/mol. The van der Waals surface area contributed by atoms with Gasteiger partial charge in [-0.05, 0) is 48.7 Å². The van der Waals surface area contributed by atoms with Gasteiger partial charge in [-0.3, -0.25) is 4.79 Å². The molecule has 2 N–H and O–H groups in total. The van der Waals surface area contributed by atoms with Crippen LogP contribution in [0, 0.1) is 13.8 Å². The number of anilines is 1. The number of aryl methyl sites for hydroxylation is 1. The molecule has 0 saturated heterocycles. The van der Waals surface area contributed by atoms with Crippen molar-refractivity contribution in [3.63, 3.8) is 0 Å². The molecule has 2 aromatic rings. The number of methoxy groups -OCH3 is 1. The third-order valence-electron chi connectivity index (χ3n) is 4.20. The average Bonchev–Trinajstić information content (AvgIpc) is 2.69. The Kier molecular flexibility index (Phi) is 4.33. The maximum Gasteiger partial charge on any atom is 0.254 e. The van der Waals surface area contributed by atoms with Crippen molar-refractivity contribution in [2.45, 2.75) is 30.1 Å². The molecule has 2 atom stereocenters. The van der Waals surface area contributed by atoms with Crippen molar-refractivity contribution in [3.05, 3.63) is 53.1 Å². The Morgan fingerprint density at radius 1 is 1.13 bits per heavy atom. The van der Waals surface area contributed by atoms with Crippen LogP contribution >= 0.6 is 11.8 Å². The van der Waals surface area contributed by atoms with Gasteiger partial charge in [-0.1, -0.05) is 18.2 Å². The first-order valence-electron chi connectivity index (χ1n) is 7.41. The van der Waals surface area contributed by atoms with Gasteiger partial charge in [0.2, 0.25) is 0 Å². The molecule has 0 radical (unpaired) electrons. The van der Waals surface area contributed by atoms with Crippen LogP contribution in [0.2, 0.25) is 0 Å². The number of carbonyl (C=O) groups excluding carboxylic acids is 1. The van der Waals surface area contributed by atoms with E-state index in [1.165, 1.54) is 11.8 Å². The molecule has 1 heterocycles. The Bertz CT molecular complexity index is 743. The van der Waals surface area contributed by atoms with Gasteiger partial charge >= 0.3 is 0 Å². The van der Waals surface area contributed by atoms with Crippen molar-refractivity contribution in [1.29, 1.82) is 0 Å². The van der Waals surface area contributed by atoms with E-state index in [0.29, 0.717) is 0 Å². The fraction of sp³-hybridized carbons (Fsp3) is 0.278. The summed E-state index contributed by atoms with van der Waals surface area (Å²) < 4.78 is 5.17. The largest absolute Gasteiger partial charge is 0.497 e. The molecule has 3 rings (SSSR count). The van der Waals surface area contributed by atoms with Crippen LogP contribution in [0.25, 0.3) is 0 Å². The fourth-order valence-electron chi connectivity index (χ4n) is 2.62. The molecule has 0 aromatic heterocycles. The number of aliphatic hydroxyl groups is 1. The van der Waals surface area contributed by atoms with E-state index in [2.05, 4.69) is 5.32 Å². The Morgan fingerprint density at radius 2 is 1.83 bits per heavy atom.